The average molecular weight is 366 g/mol. The molecule has 1 fully saturated rings. The molecule has 3 rings (SSSR count). The van der Waals surface area contributed by atoms with E-state index in [4.69, 9.17) is 4.99 Å². The molecule has 1 saturated heterocycles. The van der Waals surface area contributed by atoms with Crippen molar-refractivity contribution in [2.75, 3.05) is 43.5 Å². The second kappa shape index (κ2) is 9.31. The number of para-hydroxylation sites is 1. The number of nitrogens with zero attached hydrogens (tertiary/aromatic N) is 3. The second-order valence-electron chi connectivity index (χ2n) is 7.17. The molecule has 0 amide bonds. The van der Waals surface area contributed by atoms with E-state index in [9.17, 15) is 0 Å². The van der Waals surface area contributed by atoms with Crippen LogP contribution in [0.4, 0.5) is 11.4 Å². The molecule has 0 aliphatic carbocycles. The van der Waals surface area contributed by atoms with Gasteiger partial charge in [-0.25, -0.2) is 4.99 Å². The number of benzene rings is 2. The number of guanidine groups is 1. The molecule has 144 valence electrons. The quantitative estimate of drug-likeness (QED) is 0.610. The van der Waals surface area contributed by atoms with Gasteiger partial charge in [0.05, 0.1) is 6.54 Å². The van der Waals surface area contributed by atoms with Crippen LogP contribution < -0.4 is 20.4 Å². The topological polar surface area (TPSA) is 42.9 Å². The van der Waals surface area contributed by atoms with E-state index in [0.29, 0.717) is 12.6 Å². The Morgan fingerprint density at radius 3 is 2.52 bits per heavy atom. The van der Waals surface area contributed by atoms with Crippen molar-refractivity contribution in [2.45, 2.75) is 25.9 Å². The third-order valence-electron chi connectivity index (χ3n) is 4.87. The van der Waals surface area contributed by atoms with E-state index >= 15 is 0 Å². The summed E-state index contributed by atoms with van der Waals surface area (Å²) in [5.74, 6) is 0.897. The maximum atomic E-state index is 4.78. The normalized spacial score (nSPS) is 17.1. The zero-order valence-corrected chi connectivity index (χ0v) is 16.7. The van der Waals surface area contributed by atoms with Crippen LogP contribution in [-0.2, 0) is 6.54 Å². The minimum atomic E-state index is 0.416. The van der Waals surface area contributed by atoms with Crippen LogP contribution in [0.5, 0.6) is 0 Å². The van der Waals surface area contributed by atoms with Crippen LogP contribution in [0, 0.1) is 0 Å². The van der Waals surface area contributed by atoms with Crippen molar-refractivity contribution in [3.8, 4) is 0 Å². The summed E-state index contributed by atoms with van der Waals surface area (Å²) in [7, 11) is 4.11. The maximum Gasteiger partial charge on any atom is 0.191 e. The standard InChI is InChI=1S/C22H31N5/c1-4-23-22(24-16-18-10-12-20(13-11-18)26(2)3)25-19-14-15-27(17-19)21-8-6-5-7-9-21/h5-13,19H,4,14-17H2,1-3H3,(H2,23,24,25). The van der Waals surface area contributed by atoms with E-state index in [1.165, 1.54) is 16.9 Å². The lowest BCUT2D eigenvalue weighted by molar-refractivity contribution is 0.649. The summed E-state index contributed by atoms with van der Waals surface area (Å²) in [5.41, 5.74) is 3.72. The molecule has 5 nitrogen and oxygen atoms in total. The Balaban J connectivity index is 1.58. The molecule has 27 heavy (non-hydrogen) atoms. The predicted octanol–water partition coefficient (Wildman–Crippen LogP) is 3.09. The third kappa shape index (κ3) is 5.39. The summed E-state index contributed by atoms with van der Waals surface area (Å²) in [6.45, 7) is 5.73. The van der Waals surface area contributed by atoms with Crippen LogP contribution in [0.3, 0.4) is 0 Å². The van der Waals surface area contributed by atoms with Crippen LogP contribution in [0.2, 0.25) is 0 Å². The lowest BCUT2D eigenvalue weighted by atomic mass is 10.2. The van der Waals surface area contributed by atoms with Crippen molar-refractivity contribution in [1.29, 1.82) is 0 Å². The molecule has 1 atom stereocenters. The Hall–Kier alpha value is -2.69. The Bertz CT molecular complexity index is 724. The van der Waals surface area contributed by atoms with Gasteiger partial charge in [0.2, 0.25) is 0 Å². The van der Waals surface area contributed by atoms with Gasteiger partial charge in [-0.05, 0) is 43.2 Å². The van der Waals surface area contributed by atoms with E-state index in [0.717, 1.165) is 32.0 Å². The van der Waals surface area contributed by atoms with Gasteiger partial charge in [0.1, 0.15) is 0 Å². The number of rotatable bonds is 6. The van der Waals surface area contributed by atoms with Crippen molar-refractivity contribution < 1.29 is 0 Å². The van der Waals surface area contributed by atoms with Gasteiger partial charge in [0.25, 0.3) is 0 Å². The summed E-state index contributed by atoms with van der Waals surface area (Å²) in [6.07, 6.45) is 1.12. The van der Waals surface area contributed by atoms with Gasteiger partial charge in [0.15, 0.2) is 5.96 Å². The molecule has 1 unspecified atom stereocenters. The predicted molar refractivity (Wildman–Crippen MR) is 116 cm³/mol. The van der Waals surface area contributed by atoms with Gasteiger partial charge < -0.3 is 20.4 Å². The van der Waals surface area contributed by atoms with Crippen molar-refractivity contribution >= 4 is 17.3 Å². The molecule has 0 spiro atoms. The monoisotopic (exact) mass is 365 g/mol. The first-order chi connectivity index (χ1) is 13.2. The van der Waals surface area contributed by atoms with Gasteiger partial charge in [-0.15, -0.1) is 0 Å². The highest BCUT2D eigenvalue weighted by Gasteiger charge is 2.23. The molecule has 2 N–H and O–H groups in total. The first kappa shape index (κ1) is 19.1. The number of aliphatic imine (C=N–C) groups is 1. The van der Waals surface area contributed by atoms with Crippen molar-refractivity contribution in [3.63, 3.8) is 0 Å². The van der Waals surface area contributed by atoms with Crippen molar-refractivity contribution in [2.24, 2.45) is 4.99 Å². The largest absolute Gasteiger partial charge is 0.378 e. The van der Waals surface area contributed by atoms with E-state index in [1.54, 1.807) is 0 Å². The minimum Gasteiger partial charge on any atom is -0.378 e. The zero-order valence-electron chi connectivity index (χ0n) is 16.7. The van der Waals surface area contributed by atoms with E-state index in [2.05, 4.69) is 96.0 Å². The van der Waals surface area contributed by atoms with Crippen LogP contribution in [0.1, 0.15) is 18.9 Å². The Morgan fingerprint density at radius 1 is 1.11 bits per heavy atom. The Morgan fingerprint density at radius 2 is 1.85 bits per heavy atom. The zero-order chi connectivity index (χ0) is 19.1. The minimum absolute atomic E-state index is 0.416. The maximum absolute atomic E-state index is 4.78. The summed E-state index contributed by atoms with van der Waals surface area (Å²) in [5, 5.41) is 6.98. The lowest BCUT2D eigenvalue weighted by Gasteiger charge is -2.20. The van der Waals surface area contributed by atoms with Gasteiger partial charge in [-0.3, -0.25) is 0 Å². The molecule has 1 aliphatic rings. The number of anilines is 2. The van der Waals surface area contributed by atoms with Gasteiger partial charge in [-0.2, -0.15) is 0 Å². The summed E-state index contributed by atoms with van der Waals surface area (Å²) in [6, 6.07) is 19.6. The van der Waals surface area contributed by atoms with Gasteiger partial charge >= 0.3 is 0 Å². The average Bonchev–Trinajstić information content (AvgIpc) is 3.16. The number of hydrogen-bond acceptors (Lipinski definition) is 3. The number of nitrogens with one attached hydrogen (secondary N) is 2. The first-order valence-corrected chi connectivity index (χ1v) is 9.77. The fourth-order valence-corrected chi connectivity index (χ4v) is 3.33. The molecular formula is C22H31N5. The van der Waals surface area contributed by atoms with Crippen molar-refractivity contribution in [1.82, 2.24) is 10.6 Å². The van der Waals surface area contributed by atoms with Crippen LogP contribution in [-0.4, -0.2) is 45.7 Å². The highest BCUT2D eigenvalue weighted by atomic mass is 15.2. The highest BCUT2D eigenvalue weighted by molar-refractivity contribution is 5.80. The second-order valence-corrected chi connectivity index (χ2v) is 7.17. The summed E-state index contributed by atoms with van der Waals surface area (Å²) < 4.78 is 0. The molecule has 2 aromatic carbocycles. The summed E-state index contributed by atoms with van der Waals surface area (Å²) >= 11 is 0. The van der Waals surface area contributed by atoms with E-state index < -0.39 is 0 Å². The Kier molecular flexibility index (Phi) is 6.58. The molecule has 1 aliphatic heterocycles. The fourth-order valence-electron chi connectivity index (χ4n) is 3.33. The molecule has 5 heteroatoms. The van der Waals surface area contributed by atoms with Crippen LogP contribution >= 0.6 is 0 Å². The van der Waals surface area contributed by atoms with E-state index in [-0.39, 0.29) is 0 Å². The lowest BCUT2D eigenvalue weighted by Crippen LogP contribution is -2.44. The Labute approximate surface area is 163 Å². The molecule has 0 aromatic heterocycles. The van der Waals surface area contributed by atoms with Gasteiger partial charge in [-0.1, -0.05) is 30.3 Å². The highest BCUT2D eigenvalue weighted by Crippen LogP contribution is 2.19. The molecule has 2 aromatic rings. The molecule has 0 radical (unpaired) electrons. The third-order valence-corrected chi connectivity index (χ3v) is 4.87. The smallest absolute Gasteiger partial charge is 0.191 e. The molecule has 0 saturated carbocycles. The molecule has 1 heterocycles. The molecule has 0 bridgehead atoms. The van der Waals surface area contributed by atoms with Crippen LogP contribution in [0.25, 0.3) is 0 Å². The van der Waals surface area contributed by atoms with Gasteiger partial charge in [0, 0.05) is 51.1 Å². The SMILES string of the molecule is CCNC(=NCc1ccc(N(C)C)cc1)NC1CCN(c2ccccc2)C1. The van der Waals surface area contributed by atoms with Crippen LogP contribution in [0.15, 0.2) is 59.6 Å². The summed E-state index contributed by atoms with van der Waals surface area (Å²) in [4.78, 5) is 9.32. The molecular weight excluding hydrogens is 334 g/mol. The number of hydrogen-bond donors (Lipinski definition) is 2. The van der Waals surface area contributed by atoms with Crippen molar-refractivity contribution in [3.05, 3.63) is 60.2 Å². The first-order valence-electron chi connectivity index (χ1n) is 9.77. The van der Waals surface area contributed by atoms with E-state index in [1.807, 2.05) is 0 Å². The fraction of sp³-hybridized carbons (Fsp3) is 0.409.